The van der Waals surface area contributed by atoms with Crippen LogP contribution in [-0.4, -0.2) is 12.1 Å². The summed E-state index contributed by atoms with van der Waals surface area (Å²) < 4.78 is 5.43. The van der Waals surface area contributed by atoms with Gasteiger partial charge in [-0.2, -0.15) is 5.26 Å². The van der Waals surface area contributed by atoms with Gasteiger partial charge in [-0.1, -0.05) is 72.3 Å². The minimum absolute atomic E-state index is 0.291. The maximum absolute atomic E-state index is 9.70. The van der Waals surface area contributed by atoms with Gasteiger partial charge in [0.05, 0.1) is 12.8 Å². The summed E-state index contributed by atoms with van der Waals surface area (Å²) in [6.07, 6.45) is 0. The molecule has 3 nitrogen and oxygen atoms in total. The average Bonchev–Trinajstić information content (AvgIpc) is 2.95. The molecule has 4 rings (SSSR count). The van der Waals surface area contributed by atoms with Crippen LogP contribution in [0, 0.1) is 11.3 Å². The predicted molar refractivity (Wildman–Crippen MR) is 108 cm³/mol. The lowest BCUT2D eigenvalue weighted by Crippen LogP contribution is -1.98. The SMILES string of the molecule is COc1nc(-c2ccc3cccccc2-3)cc(-c2ccccc2Cl)c1C#N. The fourth-order valence-electron chi connectivity index (χ4n) is 3.25. The van der Waals surface area contributed by atoms with Gasteiger partial charge in [0.25, 0.3) is 0 Å². The molecule has 0 N–H and O–H groups in total. The van der Waals surface area contributed by atoms with Crippen molar-refractivity contribution in [3.05, 3.63) is 83.4 Å². The van der Waals surface area contributed by atoms with E-state index in [-0.39, 0.29) is 0 Å². The predicted octanol–water partition coefficient (Wildman–Crippen LogP) is 6.05. The second-order valence-electron chi connectivity index (χ2n) is 6.06. The van der Waals surface area contributed by atoms with Gasteiger partial charge in [-0.15, -0.1) is 0 Å². The Morgan fingerprint density at radius 2 is 1.59 bits per heavy atom. The van der Waals surface area contributed by atoms with Gasteiger partial charge in [0.1, 0.15) is 11.6 Å². The summed E-state index contributed by atoms with van der Waals surface area (Å²) >= 11 is 6.40. The lowest BCUT2D eigenvalue weighted by molar-refractivity contribution is 0.397. The van der Waals surface area contributed by atoms with Gasteiger partial charge in [0, 0.05) is 21.7 Å². The number of hydrogen-bond donors (Lipinski definition) is 0. The summed E-state index contributed by atoms with van der Waals surface area (Å²) in [6.45, 7) is 0. The van der Waals surface area contributed by atoms with Crippen LogP contribution < -0.4 is 4.74 Å². The molecule has 2 aromatic rings. The van der Waals surface area contributed by atoms with Crippen molar-refractivity contribution in [1.29, 1.82) is 5.26 Å². The van der Waals surface area contributed by atoms with E-state index in [2.05, 4.69) is 29.3 Å². The van der Waals surface area contributed by atoms with Crippen LogP contribution in [0.25, 0.3) is 33.5 Å². The third kappa shape index (κ3) is 3.01. The van der Waals surface area contributed by atoms with Crippen molar-refractivity contribution in [3.63, 3.8) is 0 Å². The Hall–Kier alpha value is -3.35. The van der Waals surface area contributed by atoms with Crippen molar-refractivity contribution in [1.82, 2.24) is 4.98 Å². The number of fused-ring (bicyclic) bond motifs is 1. The number of methoxy groups -OCH3 is 1. The highest BCUT2D eigenvalue weighted by molar-refractivity contribution is 6.33. The molecule has 0 amide bonds. The summed E-state index contributed by atoms with van der Waals surface area (Å²) in [7, 11) is 1.52. The van der Waals surface area contributed by atoms with E-state index in [1.807, 2.05) is 54.6 Å². The lowest BCUT2D eigenvalue weighted by Gasteiger charge is -2.13. The number of hydrogen-bond acceptors (Lipinski definition) is 3. The van der Waals surface area contributed by atoms with Gasteiger partial charge in [0.2, 0.25) is 5.88 Å². The zero-order valence-electron chi connectivity index (χ0n) is 14.6. The minimum Gasteiger partial charge on any atom is -0.480 e. The van der Waals surface area contributed by atoms with Gasteiger partial charge < -0.3 is 4.74 Å². The molecular formula is C23H15ClN2O. The average molecular weight is 371 g/mol. The molecule has 4 heteroatoms. The Morgan fingerprint density at radius 1 is 0.852 bits per heavy atom. The molecule has 0 spiro atoms. The number of benzene rings is 1. The van der Waals surface area contributed by atoms with Crippen LogP contribution in [0.4, 0.5) is 0 Å². The molecule has 27 heavy (non-hydrogen) atoms. The Balaban J connectivity index is 2.00. The Kier molecular flexibility index (Phi) is 4.50. The lowest BCUT2D eigenvalue weighted by atomic mass is 9.98. The Morgan fingerprint density at radius 3 is 2.37 bits per heavy atom. The van der Waals surface area contributed by atoms with Crippen molar-refractivity contribution in [2.24, 2.45) is 0 Å². The Labute approximate surface area is 162 Å². The van der Waals surface area contributed by atoms with Crippen molar-refractivity contribution in [2.75, 3.05) is 7.11 Å². The number of ether oxygens (including phenoxy) is 1. The molecule has 0 radical (unpaired) electrons. The summed E-state index contributed by atoms with van der Waals surface area (Å²) in [5.74, 6) is 0.291. The second-order valence-corrected chi connectivity index (χ2v) is 6.46. The van der Waals surface area contributed by atoms with Gasteiger partial charge >= 0.3 is 0 Å². The summed E-state index contributed by atoms with van der Waals surface area (Å²) in [5.41, 5.74) is 5.79. The second kappa shape index (κ2) is 7.11. The summed E-state index contributed by atoms with van der Waals surface area (Å²) in [5, 5.41) is 10.3. The van der Waals surface area contributed by atoms with Crippen LogP contribution in [0.15, 0.2) is 72.8 Å². The monoisotopic (exact) mass is 370 g/mol. The van der Waals surface area contributed by atoms with Crippen LogP contribution in [0.5, 0.6) is 5.88 Å². The number of nitrogens with zero attached hydrogens (tertiary/aromatic N) is 2. The first-order valence-corrected chi connectivity index (χ1v) is 8.83. The van der Waals surface area contributed by atoms with Gasteiger partial charge in [-0.3, -0.25) is 0 Å². The van der Waals surface area contributed by atoms with Gasteiger partial charge in [-0.05, 0) is 23.3 Å². The summed E-state index contributed by atoms with van der Waals surface area (Å²) in [4.78, 5) is 4.60. The standard InChI is InChI=1S/C23H15ClN2O/c1-27-23-20(14-25)19(17-9-5-6-10-21(17)24)13-22(26-23)18-12-11-15-7-3-2-4-8-16(15)18/h2-13H,1H3. The molecule has 1 aromatic carbocycles. The van der Waals surface area contributed by atoms with E-state index >= 15 is 0 Å². The maximum atomic E-state index is 9.70. The van der Waals surface area contributed by atoms with E-state index in [1.165, 1.54) is 7.11 Å². The van der Waals surface area contributed by atoms with Crippen molar-refractivity contribution in [3.8, 4) is 45.5 Å². The van der Waals surface area contributed by atoms with E-state index in [1.54, 1.807) is 0 Å². The molecule has 0 fully saturated rings. The van der Waals surface area contributed by atoms with E-state index in [0.717, 1.165) is 27.9 Å². The highest BCUT2D eigenvalue weighted by Gasteiger charge is 2.19. The normalized spacial score (nSPS) is 10.6. The van der Waals surface area contributed by atoms with Crippen molar-refractivity contribution in [2.45, 2.75) is 0 Å². The molecule has 2 aliphatic carbocycles. The quantitative estimate of drug-likeness (QED) is 0.440. The van der Waals surface area contributed by atoms with Crippen LogP contribution in [0.1, 0.15) is 5.56 Å². The van der Waals surface area contributed by atoms with Gasteiger partial charge in [-0.25, -0.2) is 4.98 Å². The summed E-state index contributed by atoms with van der Waals surface area (Å²) in [6, 6.07) is 25.8. The van der Waals surface area contributed by atoms with Crippen LogP contribution in [-0.2, 0) is 0 Å². The first-order valence-electron chi connectivity index (χ1n) is 8.45. The van der Waals surface area contributed by atoms with Crippen LogP contribution in [0.2, 0.25) is 5.02 Å². The van der Waals surface area contributed by atoms with E-state index in [0.29, 0.717) is 22.0 Å². The molecule has 0 saturated heterocycles. The third-order valence-corrected chi connectivity index (χ3v) is 4.85. The van der Waals surface area contributed by atoms with Gasteiger partial charge in [0.15, 0.2) is 0 Å². The molecule has 0 atom stereocenters. The number of aromatic nitrogens is 1. The van der Waals surface area contributed by atoms with Crippen molar-refractivity contribution < 1.29 is 4.74 Å². The molecule has 2 aliphatic rings. The largest absolute Gasteiger partial charge is 0.480 e. The topological polar surface area (TPSA) is 45.9 Å². The third-order valence-electron chi connectivity index (χ3n) is 4.52. The molecule has 130 valence electrons. The van der Waals surface area contributed by atoms with Crippen molar-refractivity contribution >= 4 is 11.6 Å². The fourth-order valence-corrected chi connectivity index (χ4v) is 3.48. The Bertz CT molecular complexity index is 1150. The molecule has 0 bridgehead atoms. The first kappa shape index (κ1) is 17.1. The molecular weight excluding hydrogens is 356 g/mol. The number of halogens is 1. The molecule has 0 unspecified atom stereocenters. The van der Waals surface area contributed by atoms with E-state index in [9.17, 15) is 5.26 Å². The van der Waals surface area contributed by atoms with E-state index < -0.39 is 0 Å². The zero-order chi connectivity index (χ0) is 18.8. The number of rotatable bonds is 3. The first-order chi connectivity index (χ1) is 13.2. The van der Waals surface area contributed by atoms with E-state index in [4.69, 9.17) is 16.3 Å². The highest BCUT2D eigenvalue weighted by Crippen LogP contribution is 2.40. The maximum Gasteiger partial charge on any atom is 0.232 e. The van der Waals surface area contributed by atoms with Crippen LogP contribution in [0.3, 0.4) is 0 Å². The molecule has 1 heterocycles. The zero-order valence-corrected chi connectivity index (χ0v) is 15.4. The minimum atomic E-state index is 0.291. The number of pyridine rings is 1. The number of nitriles is 1. The molecule has 0 aliphatic heterocycles. The molecule has 1 aromatic heterocycles. The highest BCUT2D eigenvalue weighted by atomic mass is 35.5. The van der Waals surface area contributed by atoms with Crippen LogP contribution >= 0.6 is 11.6 Å². The molecule has 0 saturated carbocycles. The fraction of sp³-hybridized carbons (Fsp3) is 0.0435. The smallest absolute Gasteiger partial charge is 0.232 e.